The lowest BCUT2D eigenvalue weighted by atomic mass is 10.1. The summed E-state index contributed by atoms with van der Waals surface area (Å²) in [7, 11) is 0. The van der Waals surface area contributed by atoms with Crippen LogP contribution in [0.3, 0.4) is 0 Å². The minimum absolute atomic E-state index is 0.101. The topological polar surface area (TPSA) is 64.4 Å². The van der Waals surface area contributed by atoms with Gasteiger partial charge < -0.3 is 10.1 Å². The maximum atomic E-state index is 10.9. The van der Waals surface area contributed by atoms with Crippen LogP contribution >= 0.6 is 0 Å². The molecule has 1 unspecified atom stereocenters. The van der Waals surface area contributed by atoms with Crippen LogP contribution in [-0.2, 0) is 6.54 Å². The molecule has 0 aliphatic heterocycles. The minimum Gasteiger partial charge on any atom is -0.493 e. The molecule has 0 amide bonds. The molecule has 0 aromatic heterocycles. The molecule has 0 radical (unpaired) electrons. The highest BCUT2D eigenvalue weighted by molar-refractivity contribution is 5.43. The fourth-order valence-electron chi connectivity index (χ4n) is 2.08. The third-order valence-corrected chi connectivity index (χ3v) is 3.26. The molecule has 1 rings (SSSR count). The second kappa shape index (κ2) is 8.62. The van der Waals surface area contributed by atoms with Crippen molar-refractivity contribution in [2.45, 2.75) is 53.1 Å². The van der Waals surface area contributed by atoms with Crippen LogP contribution in [0.5, 0.6) is 5.75 Å². The summed E-state index contributed by atoms with van der Waals surface area (Å²) in [6, 6.07) is 5.11. The van der Waals surface area contributed by atoms with Gasteiger partial charge in [0.15, 0.2) is 0 Å². The van der Waals surface area contributed by atoms with Gasteiger partial charge >= 0.3 is 0 Å². The van der Waals surface area contributed by atoms with Gasteiger partial charge in [0, 0.05) is 30.3 Å². The Morgan fingerprint density at radius 1 is 1.33 bits per heavy atom. The van der Waals surface area contributed by atoms with E-state index in [1.807, 2.05) is 13.8 Å². The Balaban J connectivity index is 2.82. The zero-order chi connectivity index (χ0) is 15.8. The van der Waals surface area contributed by atoms with Crippen molar-refractivity contribution in [3.63, 3.8) is 0 Å². The summed E-state index contributed by atoms with van der Waals surface area (Å²) < 4.78 is 5.86. The van der Waals surface area contributed by atoms with Gasteiger partial charge in [-0.25, -0.2) is 0 Å². The van der Waals surface area contributed by atoms with Gasteiger partial charge in [0.2, 0.25) is 0 Å². The second-order valence-electron chi connectivity index (χ2n) is 5.79. The van der Waals surface area contributed by atoms with Crippen LogP contribution in [0.1, 0.15) is 46.1 Å². The van der Waals surface area contributed by atoms with Gasteiger partial charge in [0.05, 0.1) is 11.5 Å². The van der Waals surface area contributed by atoms with Gasteiger partial charge in [-0.3, -0.25) is 10.1 Å². The highest BCUT2D eigenvalue weighted by Gasteiger charge is 2.13. The first-order valence-corrected chi connectivity index (χ1v) is 7.57. The van der Waals surface area contributed by atoms with E-state index in [-0.39, 0.29) is 10.6 Å². The monoisotopic (exact) mass is 294 g/mol. The van der Waals surface area contributed by atoms with Crippen molar-refractivity contribution in [1.29, 1.82) is 0 Å². The number of nitrogens with zero attached hydrogens (tertiary/aromatic N) is 1. The SMILES string of the molecule is CCCC(C)COc1ccc([N+](=O)[O-])cc1CNC(C)C. The number of benzene rings is 1. The molecule has 1 aromatic rings. The maximum absolute atomic E-state index is 10.9. The molecular formula is C16H26N2O3. The van der Waals surface area contributed by atoms with Crippen molar-refractivity contribution in [2.75, 3.05) is 6.61 Å². The van der Waals surface area contributed by atoms with Crippen LogP contribution in [0.25, 0.3) is 0 Å². The number of ether oxygens (including phenoxy) is 1. The molecule has 0 fully saturated rings. The first-order valence-electron chi connectivity index (χ1n) is 7.57. The Morgan fingerprint density at radius 3 is 2.62 bits per heavy atom. The van der Waals surface area contributed by atoms with E-state index in [0.29, 0.717) is 25.1 Å². The zero-order valence-electron chi connectivity index (χ0n) is 13.4. The molecule has 0 bridgehead atoms. The average molecular weight is 294 g/mol. The molecule has 0 aliphatic carbocycles. The Labute approximate surface area is 126 Å². The molecule has 5 heteroatoms. The highest BCUT2D eigenvalue weighted by atomic mass is 16.6. The summed E-state index contributed by atoms with van der Waals surface area (Å²) in [6.45, 7) is 9.60. The first-order chi connectivity index (χ1) is 9.93. The van der Waals surface area contributed by atoms with Crippen molar-refractivity contribution >= 4 is 5.69 Å². The van der Waals surface area contributed by atoms with Crippen LogP contribution in [0.4, 0.5) is 5.69 Å². The predicted molar refractivity (Wildman–Crippen MR) is 84.6 cm³/mol. The normalized spacial score (nSPS) is 12.4. The Morgan fingerprint density at radius 2 is 2.05 bits per heavy atom. The quantitative estimate of drug-likeness (QED) is 0.554. The maximum Gasteiger partial charge on any atom is 0.270 e. The summed E-state index contributed by atoms with van der Waals surface area (Å²) in [5.74, 6) is 1.22. The van der Waals surface area contributed by atoms with E-state index in [4.69, 9.17) is 4.74 Å². The van der Waals surface area contributed by atoms with Crippen molar-refractivity contribution in [3.8, 4) is 5.75 Å². The molecule has 1 N–H and O–H groups in total. The molecule has 0 aliphatic rings. The van der Waals surface area contributed by atoms with Crippen molar-refractivity contribution in [3.05, 3.63) is 33.9 Å². The van der Waals surface area contributed by atoms with Crippen LogP contribution in [-0.4, -0.2) is 17.6 Å². The average Bonchev–Trinajstić information content (AvgIpc) is 2.43. The smallest absolute Gasteiger partial charge is 0.270 e. The van der Waals surface area contributed by atoms with Crippen LogP contribution in [0, 0.1) is 16.0 Å². The van der Waals surface area contributed by atoms with E-state index in [9.17, 15) is 10.1 Å². The van der Waals surface area contributed by atoms with Crippen molar-refractivity contribution in [2.24, 2.45) is 5.92 Å². The fraction of sp³-hybridized carbons (Fsp3) is 0.625. The third-order valence-electron chi connectivity index (χ3n) is 3.26. The Hall–Kier alpha value is -1.62. The molecule has 1 aromatic carbocycles. The first kappa shape index (κ1) is 17.4. The lowest BCUT2D eigenvalue weighted by molar-refractivity contribution is -0.384. The largest absolute Gasteiger partial charge is 0.493 e. The molecule has 0 heterocycles. The molecule has 1 atom stereocenters. The van der Waals surface area contributed by atoms with Crippen LogP contribution < -0.4 is 10.1 Å². The number of nitrogens with one attached hydrogen (secondary N) is 1. The van der Waals surface area contributed by atoms with E-state index in [2.05, 4.69) is 19.2 Å². The van der Waals surface area contributed by atoms with Gasteiger partial charge in [-0.15, -0.1) is 0 Å². The second-order valence-corrected chi connectivity index (χ2v) is 5.79. The summed E-state index contributed by atoms with van der Waals surface area (Å²) in [4.78, 5) is 10.5. The van der Waals surface area contributed by atoms with E-state index in [1.54, 1.807) is 12.1 Å². The van der Waals surface area contributed by atoms with Crippen LogP contribution in [0.15, 0.2) is 18.2 Å². The number of nitro groups is 1. The van der Waals surface area contributed by atoms with Gasteiger partial charge in [-0.05, 0) is 18.4 Å². The Kier molecular flexibility index (Phi) is 7.15. The number of nitro benzene ring substituents is 1. The van der Waals surface area contributed by atoms with E-state index in [1.165, 1.54) is 6.07 Å². The number of hydrogen-bond acceptors (Lipinski definition) is 4. The van der Waals surface area contributed by atoms with E-state index < -0.39 is 0 Å². The number of rotatable bonds is 9. The summed E-state index contributed by atoms with van der Waals surface area (Å²) in [5, 5.41) is 14.2. The number of non-ortho nitro benzene ring substituents is 1. The van der Waals surface area contributed by atoms with Gasteiger partial charge in [-0.2, -0.15) is 0 Å². The minimum atomic E-state index is -0.373. The van der Waals surface area contributed by atoms with Crippen molar-refractivity contribution < 1.29 is 9.66 Å². The summed E-state index contributed by atoms with van der Waals surface area (Å²) in [5.41, 5.74) is 0.936. The summed E-state index contributed by atoms with van der Waals surface area (Å²) >= 11 is 0. The van der Waals surface area contributed by atoms with Gasteiger partial charge in [-0.1, -0.05) is 34.1 Å². The molecule has 21 heavy (non-hydrogen) atoms. The predicted octanol–water partition coefficient (Wildman–Crippen LogP) is 3.91. The lowest BCUT2D eigenvalue weighted by Crippen LogP contribution is -2.22. The molecule has 0 saturated heterocycles. The number of hydrogen-bond donors (Lipinski definition) is 1. The standard InChI is InChI=1S/C16H26N2O3/c1-5-6-13(4)11-21-16-8-7-15(18(19)20)9-14(16)10-17-12(2)3/h7-9,12-13,17H,5-6,10-11H2,1-4H3. The highest BCUT2D eigenvalue weighted by Crippen LogP contribution is 2.25. The third kappa shape index (κ3) is 6.12. The summed E-state index contributed by atoms with van der Waals surface area (Å²) in [6.07, 6.45) is 2.25. The van der Waals surface area contributed by atoms with E-state index >= 15 is 0 Å². The fourth-order valence-corrected chi connectivity index (χ4v) is 2.08. The molecule has 0 spiro atoms. The lowest BCUT2D eigenvalue weighted by Gasteiger charge is -2.16. The van der Waals surface area contributed by atoms with Gasteiger partial charge in [0.1, 0.15) is 5.75 Å². The van der Waals surface area contributed by atoms with Crippen LogP contribution in [0.2, 0.25) is 0 Å². The molecule has 118 valence electrons. The molecular weight excluding hydrogens is 268 g/mol. The van der Waals surface area contributed by atoms with Crippen molar-refractivity contribution in [1.82, 2.24) is 5.32 Å². The molecule has 0 saturated carbocycles. The Bertz CT molecular complexity index is 461. The molecule has 5 nitrogen and oxygen atoms in total. The zero-order valence-corrected chi connectivity index (χ0v) is 13.4. The van der Waals surface area contributed by atoms with E-state index in [0.717, 1.165) is 24.2 Å². The van der Waals surface area contributed by atoms with Gasteiger partial charge in [0.25, 0.3) is 5.69 Å².